The molecular formula is C13H15FN2O3. The van der Waals surface area contributed by atoms with E-state index in [0.717, 1.165) is 0 Å². The number of carbonyl (C=O) groups is 2. The fourth-order valence-corrected chi connectivity index (χ4v) is 2.31. The van der Waals surface area contributed by atoms with Gasteiger partial charge in [-0.05, 0) is 30.5 Å². The smallest absolute Gasteiger partial charge is 0.326 e. The van der Waals surface area contributed by atoms with Crippen LogP contribution in [-0.2, 0) is 4.79 Å². The molecule has 1 heterocycles. The second-order valence-electron chi connectivity index (χ2n) is 4.68. The van der Waals surface area contributed by atoms with E-state index < -0.39 is 23.9 Å². The van der Waals surface area contributed by atoms with Crippen LogP contribution in [0.3, 0.4) is 0 Å². The first-order valence-electron chi connectivity index (χ1n) is 6.05. The predicted octanol–water partition coefficient (Wildman–Crippen LogP) is 2.15. The minimum atomic E-state index is -1.01. The Hall–Kier alpha value is -2.11. The number of hydrogen-bond donors (Lipinski definition) is 2. The van der Waals surface area contributed by atoms with Crippen LogP contribution >= 0.6 is 0 Å². The lowest BCUT2D eigenvalue weighted by molar-refractivity contribution is -0.142. The molecule has 1 fully saturated rings. The van der Waals surface area contributed by atoms with Gasteiger partial charge in [0.1, 0.15) is 11.9 Å². The number of urea groups is 1. The molecule has 102 valence electrons. The van der Waals surface area contributed by atoms with Crippen LogP contribution in [-0.4, -0.2) is 34.6 Å². The van der Waals surface area contributed by atoms with Crippen LogP contribution in [0.4, 0.5) is 14.9 Å². The summed E-state index contributed by atoms with van der Waals surface area (Å²) in [6, 6.07) is 4.15. The fourth-order valence-electron chi connectivity index (χ4n) is 2.31. The van der Waals surface area contributed by atoms with Crippen LogP contribution in [0.15, 0.2) is 24.3 Å². The average Bonchev–Trinajstić information content (AvgIpc) is 2.71. The molecule has 19 heavy (non-hydrogen) atoms. The standard InChI is InChI=1S/C13H15FN2O3/c1-8-5-6-16(11(8)12(17)18)13(19)15-10-4-2-3-9(14)7-10/h2-4,7-8,11H,5-6H2,1H3,(H,15,19)(H,17,18). The Bertz CT molecular complexity index is 506. The lowest BCUT2D eigenvalue weighted by Crippen LogP contribution is -2.44. The van der Waals surface area contributed by atoms with E-state index >= 15 is 0 Å². The van der Waals surface area contributed by atoms with Gasteiger partial charge in [0.25, 0.3) is 0 Å². The zero-order valence-corrected chi connectivity index (χ0v) is 10.5. The number of likely N-dealkylation sites (tertiary alicyclic amines) is 1. The van der Waals surface area contributed by atoms with Crippen molar-refractivity contribution in [2.75, 3.05) is 11.9 Å². The van der Waals surface area contributed by atoms with E-state index in [1.54, 1.807) is 13.0 Å². The van der Waals surface area contributed by atoms with E-state index in [1.807, 2.05) is 0 Å². The molecule has 0 bridgehead atoms. The Morgan fingerprint density at radius 1 is 1.47 bits per heavy atom. The van der Waals surface area contributed by atoms with Crippen molar-refractivity contribution in [3.8, 4) is 0 Å². The number of hydrogen-bond acceptors (Lipinski definition) is 2. The number of nitrogens with zero attached hydrogens (tertiary/aromatic N) is 1. The van der Waals surface area contributed by atoms with Crippen molar-refractivity contribution in [2.45, 2.75) is 19.4 Å². The summed E-state index contributed by atoms with van der Waals surface area (Å²) in [6.45, 7) is 2.19. The van der Waals surface area contributed by atoms with Gasteiger partial charge in [-0.2, -0.15) is 0 Å². The van der Waals surface area contributed by atoms with Gasteiger partial charge in [-0.25, -0.2) is 14.0 Å². The minimum Gasteiger partial charge on any atom is -0.480 e. The zero-order chi connectivity index (χ0) is 14.0. The third-order valence-electron chi connectivity index (χ3n) is 3.29. The summed E-state index contributed by atoms with van der Waals surface area (Å²) in [7, 11) is 0. The van der Waals surface area contributed by atoms with Crippen molar-refractivity contribution in [3.05, 3.63) is 30.1 Å². The summed E-state index contributed by atoms with van der Waals surface area (Å²) in [4.78, 5) is 24.4. The van der Waals surface area contributed by atoms with Gasteiger partial charge in [0.2, 0.25) is 0 Å². The summed E-state index contributed by atoms with van der Waals surface area (Å²) in [5, 5.41) is 11.6. The molecule has 0 aliphatic carbocycles. The highest BCUT2D eigenvalue weighted by Crippen LogP contribution is 2.25. The normalized spacial score (nSPS) is 22.3. The highest BCUT2D eigenvalue weighted by Gasteiger charge is 2.39. The van der Waals surface area contributed by atoms with Crippen LogP contribution < -0.4 is 5.32 Å². The molecule has 2 unspecified atom stereocenters. The molecule has 2 atom stereocenters. The minimum absolute atomic E-state index is 0.0873. The molecule has 1 aliphatic rings. The highest BCUT2D eigenvalue weighted by molar-refractivity contribution is 5.92. The second-order valence-corrected chi connectivity index (χ2v) is 4.68. The number of carboxylic acid groups (broad SMARTS) is 1. The number of halogens is 1. The number of nitrogens with one attached hydrogen (secondary N) is 1. The number of carboxylic acids is 1. The molecule has 0 saturated carbocycles. The molecule has 1 aromatic carbocycles. The van der Waals surface area contributed by atoms with Crippen molar-refractivity contribution in [1.82, 2.24) is 4.90 Å². The molecular weight excluding hydrogens is 251 g/mol. The molecule has 2 amide bonds. The first-order chi connectivity index (χ1) is 8.99. The molecule has 0 spiro atoms. The van der Waals surface area contributed by atoms with Crippen molar-refractivity contribution < 1.29 is 19.1 Å². The molecule has 1 aliphatic heterocycles. The van der Waals surface area contributed by atoms with E-state index in [4.69, 9.17) is 5.11 Å². The topological polar surface area (TPSA) is 69.6 Å². The van der Waals surface area contributed by atoms with Crippen LogP contribution in [0.5, 0.6) is 0 Å². The first-order valence-corrected chi connectivity index (χ1v) is 6.05. The lowest BCUT2D eigenvalue weighted by atomic mass is 10.0. The average molecular weight is 266 g/mol. The Labute approximate surface area is 110 Å². The van der Waals surface area contributed by atoms with E-state index in [-0.39, 0.29) is 5.92 Å². The Kier molecular flexibility index (Phi) is 3.69. The number of rotatable bonds is 2. The second kappa shape index (κ2) is 5.26. The molecule has 5 nitrogen and oxygen atoms in total. The molecule has 6 heteroatoms. The van der Waals surface area contributed by atoms with Gasteiger partial charge in [-0.1, -0.05) is 13.0 Å². The van der Waals surface area contributed by atoms with Crippen LogP contribution in [0.2, 0.25) is 0 Å². The monoisotopic (exact) mass is 266 g/mol. The summed E-state index contributed by atoms with van der Waals surface area (Å²) < 4.78 is 13.0. The van der Waals surface area contributed by atoms with Gasteiger partial charge < -0.3 is 15.3 Å². The number of anilines is 1. The highest BCUT2D eigenvalue weighted by atomic mass is 19.1. The maximum Gasteiger partial charge on any atom is 0.326 e. The maximum absolute atomic E-state index is 13.0. The van der Waals surface area contributed by atoms with Gasteiger partial charge in [-0.15, -0.1) is 0 Å². The van der Waals surface area contributed by atoms with Crippen LogP contribution in [0.25, 0.3) is 0 Å². The van der Waals surface area contributed by atoms with Crippen molar-refractivity contribution in [3.63, 3.8) is 0 Å². The van der Waals surface area contributed by atoms with Crippen LogP contribution in [0.1, 0.15) is 13.3 Å². The van der Waals surface area contributed by atoms with E-state index in [9.17, 15) is 14.0 Å². The summed E-state index contributed by atoms with van der Waals surface area (Å²) in [6.07, 6.45) is 0.646. The number of aliphatic carboxylic acids is 1. The third kappa shape index (κ3) is 2.83. The summed E-state index contributed by atoms with van der Waals surface area (Å²) in [5.41, 5.74) is 0.314. The number of amides is 2. The van der Waals surface area contributed by atoms with Crippen molar-refractivity contribution >= 4 is 17.7 Å². The van der Waals surface area contributed by atoms with Gasteiger partial charge in [0.15, 0.2) is 0 Å². The van der Waals surface area contributed by atoms with E-state index in [0.29, 0.717) is 18.7 Å². The third-order valence-corrected chi connectivity index (χ3v) is 3.29. The van der Waals surface area contributed by atoms with Crippen molar-refractivity contribution in [1.29, 1.82) is 0 Å². The molecule has 2 rings (SSSR count). The maximum atomic E-state index is 13.0. The van der Waals surface area contributed by atoms with Crippen LogP contribution in [0, 0.1) is 11.7 Å². The number of benzene rings is 1. The lowest BCUT2D eigenvalue weighted by Gasteiger charge is -2.23. The molecule has 2 N–H and O–H groups in total. The van der Waals surface area contributed by atoms with Crippen molar-refractivity contribution in [2.24, 2.45) is 5.92 Å². The zero-order valence-electron chi connectivity index (χ0n) is 10.5. The first kappa shape index (κ1) is 13.3. The van der Waals surface area contributed by atoms with Gasteiger partial charge >= 0.3 is 12.0 Å². The summed E-state index contributed by atoms with van der Waals surface area (Å²) in [5.74, 6) is -1.56. The molecule has 1 aromatic rings. The van der Waals surface area contributed by atoms with E-state index in [1.165, 1.54) is 23.1 Å². The molecule has 0 aromatic heterocycles. The predicted molar refractivity (Wildman–Crippen MR) is 67.3 cm³/mol. The largest absolute Gasteiger partial charge is 0.480 e. The fraction of sp³-hybridized carbons (Fsp3) is 0.385. The quantitative estimate of drug-likeness (QED) is 0.861. The van der Waals surface area contributed by atoms with Gasteiger partial charge in [-0.3, -0.25) is 0 Å². The Morgan fingerprint density at radius 3 is 2.84 bits per heavy atom. The number of carbonyl (C=O) groups excluding carboxylic acids is 1. The van der Waals surface area contributed by atoms with Gasteiger partial charge in [0.05, 0.1) is 0 Å². The summed E-state index contributed by atoms with van der Waals surface area (Å²) >= 11 is 0. The van der Waals surface area contributed by atoms with E-state index in [2.05, 4.69) is 5.32 Å². The Balaban J connectivity index is 2.10. The molecule has 0 radical (unpaired) electrons. The van der Waals surface area contributed by atoms with Gasteiger partial charge in [0, 0.05) is 12.2 Å². The molecule has 1 saturated heterocycles. The SMILES string of the molecule is CC1CCN(C(=O)Nc2cccc(F)c2)C1C(=O)O. The Morgan fingerprint density at radius 2 is 2.21 bits per heavy atom.